The highest BCUT2D eigenvalue weighted by molar-refractivity contribution is 7.17. The van der Waals surface area contributed by atoms with Gasteiger partial charge in [0.25, 0.3) is 11.8 Å². The Kier molecular flexibility index (Phi) is 14.0. The molecule has 0 saturated carbocycles. The van der Waals surface area contributed by atoms with Crippen LogP contribution in [0.5, 0.6) is 0 Å². The number of nitrogens with one attached hydrogen (secondary N) is 2. The summed E-state index contributed by atoms with van der Waals surface area (Å²) in [5, 5.41) is 7.71. The van der Waals surface area contributed by atoms with Crippen LogP contribution in [0.1, 0.15) is 59.2 Å². The Morgan fingerprint density at radius 2 is 1.53 bits per heavy atom. The standard InChI is InChI=1S/C20H13F5N2OS.C19H22FN3O3.C2H6/c1-27-3-2-9-4-17(20(28)26-18-14(24)5-10(21)6-15(18)25)29-19(9)11-7-12(22)13(23)8-16(11)27;1-2-16(18(25)21-15-5-3-14(11-24)4-6-15)17(22-20)23-12-19(13-23)7-9-26-10-8-19;1-2/h4-8H,2-3H2,1H3,(H,26,28);2-6,11H,7-10,12-13H2,1H3,(H,21,25);1-2H3/b;16-2+,22-17+;. The van der Waals surface area contributed by atoms with Gasteiger partial charge in [-0.15, -0.1) is 11.3 Å². The number of halogens is 6. The Morgan fingerprint density at radius 1 is 0.895 bits per heavy atom. The zero-order chi connectivity index (χ0) is 41.4. The second kappa shape index (κ2) is 18.6. The summed E-state index contributed by atoms with van der Waals surface area (Å²) < 4.78 is 87.0. The average Bonchev–Trinajstić information content (AvgIpc) is 3.58. The van der Waals surface area contributed by atoms with E-state index in [4.69, 9.17) is 4.74 Å². The lowest BCUT2D eigenvalue weighted by Crippen LogP contribution is -2.60. The van der Waals surface area contributed by atoms with E-state index < -0.39 is 46.6 Å². The molecule has 2 fully saturated rings. The van der Waals surface area contributed by atoms with Crippen LogP contribution in [0.25, 0.3) is 10.4 Å². The number of hydrogen-bond acceptors (Lipinski definition) is 7. The number of likely N-dealkylation sites (tertiary alicyclic amines) is 1. The molecule has 3 aliphatic heterocycles. The summed E-state index contributed by atoms with van der Waals surface area (Å²) in [7, 11) is 1.75. The molecule has 0 atom stereocenters. The van der Waals surface area contributed by atoms with Crippen LogP contribution in [-0.4, -0.2) is 68.7 Å². The van der Waals surface area contributed by atoms with Crippen molar-refractivity contribution < 1.29 is 45.6 Å². The second-order valence-corrected chi connectivity index (χ2v) is 14.4. The smallest absolute Gasteiger partial charge is 0.265 e. The second-order valence-electron chi connectivity index (χ2n) is 13.4. The number of amidine groups is 1. The van der Waals surface area contributed by atoms with Crippen LogP contribution in [0.15, 0.2) is 71.5 Å². The van der Waals surface area contributed by atoms with Crippen molar-refractivity contribution in [2.24, 2.45) is 10.6 Å². The van der Waals surface area contributed by atoms with E-state index in [9.17, 15) is 40.8 Å². The fourth-order valence-electron chi connectivity index (χ4n) is 6.74. The number of hydrogen-bond donors (Lipinski definition) is 2. The van der Waals surface area contributed by atoms with Gasteiger partial charge in [-0.25, -0.2) is 22.0 Å². The molecule has 0 radical (unpaired) electrons. The predicted octanol–water partition coefficient (Wildman–Crippen LogP) is 9.16. The summed E-state index contributed by atoms with van der Waals surface area (Å²) in [6, 6.07) is 11.1. The largest absolute Gasteiger partial charge is 0.381 e. The molecule has 3 aromatic carbocycles. The Balaban J connectivity index is 0.000000210. The normalized spacial score (nSPS) is 15.8. The maximum Gasteiger partial charge on any atom is 0.265 e. The molecule has 2 N–H and O–H groups in total. The van der Waals surface area contributed by atoms with Gasteiger partial charge in [0.15, 0.2) is 29.1 Å². The number of thiophene rings is 1. The van der Waals surface area contributed by atoms with Gasteiger partial charge in [-0.2, -0.15) is 0 Å². The third-order valence-corrected chi connectivity index (χ3v) is 11.0. The van der Waals surface area contributed by atoms with Crippen molar-refractivity contribution in [3.8, 4) is 10.4 Å². The summed E-state index contributed by atoms with van der Waals surface area (Å²) in [6.45, 7) is 8.99. The van der Waals surface area contributed by atoms with Crippen LogP contribution >= 0.6 is 11.3 Å². The molecule has 9 nitrogen and oxygen atoms in total. The van der Waals surface area contributed by atoms with Gasteiger partial charge in [0.1, 0.15) is 17.8 Å². The number of nitrogens with zero attached hydrogens (tertiary/aromatic N) is 3. The third kappa shape index (κ3) is 9.56. The van der Waals surface area contributed by atoms with E-state index in [0.717, 1.165) is 61.4 Å². The molecule has 0 unspecified atom stereocenters. The third-order valence-electron chi connectivity index (χ3n) is 9.75. The first-order valence-corrected chi connectivity index (χ1v) is 19.0. The number of fused-ring (bicyclic) bond motifs is 3. The quantitative estimate of drug-likeness (QED) is 0.0662. The zero-order valence-corrected chi connectivity index (χ0v) is 32.5. The zero-order valence-electron chi connectivity index (χ0n) is 31.7. The summed E-state index contributed by atoms with van der Waals surface area (Å²) in [5.41, 5.74) is 2.27. The maximum absolute atomic E-state index is 13.9. The lowest BCUT2D eigenvalue weighted by Gasteiger charge is -2.53. The van der Waals surface area contributed by atoms with E-state index >= 15 is 0 Å². The van der Waals surface area contributed by atoms with E-state index in [1.165, 1.54) is 0 Å². The van der Waals surface area contributed by atoms with E-state index in [2.05, 4.69) is 15.8 Å². The number of amides is 2. The number of likely N-dealkylation sites (N-methyl/N-ethyl adjacent to an activating group) is 1. The molecule has 2 amide bonds. The molecule has 2 saturated heterocycles. The van der Waals surface area contributed by atoms with Crippen molar-refractivity contribution in [1.29, 1.82) is 0 Å². The fourth-order valence-corrected chi connectivity index (χ4v) is 7.87. The van der Waals surface area contributed by atoms with Crippen LogP contribution in [-0.2, 0) is 16.0 Å². The van der Waals surface area contributed by atoms with Gasteiger partial charge in [-0.3, -0.25) is 14.4 Å². The van der Waals surface area contributed by atoms with Crippen LogP contribution in [0.2, 0.25) is 0 Å². The highest BCUT2D eigenvalue weighted by Gasteiger charge is 2.46. The van der Waals surface area contributed by atoms with Gasteiger partial charge in [0.2, 0.25) is 0 Å². The van der Waals surface area contributed by atoms with E-state index in [0.29, 0.717) is 65.6 Å². The molecule has 16 heteroatoms. The Bertz CT molecular complexity index is 2160. The molecule has 1 aromatic heterocycles. The fraction of sp³-hybridized carbons (Fsp3) is 0.317. The monoisotopic (exact) mass is 813 g/mol. The van der Waals surface area contributed by atoms with Gasteiger partial charge < -0.3 is 25.2 Å². The average molecular weight is 814 g/mol. The van der Waals surface area contributed by atoms with Gasteiger partial charge in [0.05, 0.1) is 10.5 Å². The summed E-state index contributed by atoms with van der Waals surface area (Å²) in [5.74, 6) is -6.73. The van der Waals surface area contributed by atoms with Crippen LogP contribution in [0, 0.1) is 34.5 Å². The summed E-state index contributed by atoms with van der Waals surface area (Å²) >= 11 is 1.00. The first-order chi connectivity index (χ1) is 27.3. The number of rotatable bonds is 6. The van der Waals surface area contributed by atoms with Crippen LogP contribution < -0.4 is 15.5 Å². The van der Waals surface area contributed by atoms with Crippen molar-refractivity contribution in [1.82, 2.24) is 4.90 Å². The highest BCUT2D eigenvalue weighted by atomic mass is 32.1. The molecule has 1 spiro atoms. The minimum Gasteiger partial charge on any atom is -0.381 e. The van der Waals surface area contributed by atoms with Gasteiger partial charge >= 0.3 is 0 Å². The van der Waals surface area contributed by atoms with Crippen molar-refractivity contribution in [3.05, 3.63) is 111 Å². The molecule has 4 aromatic rings. The van der Waals surface area contributed by atoms with Gasteiger partial charge in [-0.05, 0) is 68.1 Å². The SMILES string of the molecule is C/C=C(C(=O)Nc1ccc(C=O)cc1)\C(=N/F)N1CC2(CCOCC2)C1.CC.CN1CCc2cc(C(=O)Nc3c(F)cc(F)cc3F)sc2-c2cc(F)c(F)cc21. The Hall–Kier alpha value is -5.48. The molecule has 0 aliphatic carbocycles. The number of allylic oxidation sites excluding steroid dienone is 1. The first kappa shape index (κ1) is 42.7. The molecular formula is C41H41F6N5O4S. The first-order valence-electron chi connectivity index (χ1n) is 18.2. The Labute approximate surface area is 330 Å². The Morgan fingerprint density at radius 3 is 2.12 bits per heavy atom. The molecular weight excluding hydrogens is 773 g/mol. The summed E-state index contributed by atoms with van der Waals surface area (Å²) in [4.78, 5) is 40.1. The number of carbonyl (C=O) groups is 3. The lowest BCUT2D eigenvalue weighted by atomic mass is 9.73. The number of benzene rings is 3. The molecule has 0 bridgehead atoms. The number of aldehydes is 1. The lowest BCUT2D eigenvalue weighted by molar-refractivity contribution is -0.112. The minimum absolute atomic E-state index is 0.0617. The number of anilines is 3. The maximum atomic E-state index is 13.9. The topological polar surface area (TPSA) is 103 Å². The van der Waals surface area contributed by atoms with Crippen LogP contribution in [0.4, 0.5) is 43.5 Å². The van der Waals surface area contributed by atoms with Gasteiger partial charge in [0, 0.05) is 90.9 Å². The van der Waals surface area contributed by atoms with Crippen molar-refractivity contribution in [3.63, 3.8) is 0 Å². The van der Waals surface area contributed by atoms with Crippen molar-refractivity contribution in [2.45, 2.75) is 40.0 Å². The van der Waals surface area contributed by atoms with E-state index in [-0.39, 0.29) is 21.7 Å². The number of carbonyl (C=O) groups excluding carboxylic acids is 3. The summed E-state index contributed by atoms with van der Waals surface area (Å²) in [6.07, 6.45) is 4.69. The molecule has 302 valence electrons. The van der Waals surface area contributed by atoms with Crippen molar-refractivity contribution >= 4 is 52.3 Å². The molecule has 57 heavy (non-hydrogen) atoms. The molecule has 3 aliphatic rings. The highest BCUT2D eigenvalue weighted by Crippen LogP contribution is 2.43. The minimum atomic E-state index is -1.24. The van der Waals surface area contributed by atoms with Crippen molar-refractivity contribution in [2.75, 3.05) is 55.4 Å². The van der Waals surface area contributed by atoms with E-state index in [1.54, 1.807) is 60.2 Å². The predicted molar refractivity (Wildman–Crippen MR) is 209 cm³/mol. The van der Waals surface area contributed by atoms with Gasteiger partial charge in [-0.1, -0.05) is 29.6 Å². The van der Waals surface area contributed by atoms with Crippen LogP contribution in [0.3, 0.4) is 0 Å². The number of ether oxygens (including phenoxy) is 1. The molecule has 4 heterocycles. The van der Waals surface area contributed by atoms with E-state index in [1.807, 2.05) is 13.8 Å². The molecule has 7 rings (SSSR count).